The topological polar surface area (TPSA) is 51.0 Å². The fourth-order valence-electron chi connectivity index (χ4n) is 0.996. The van der Waals surface area contributed by atoms with Crippen LogP contribution in [-0.4, -0.2) is 24.8 Å². The Morgan fingerprint density at radius 1 is 1.50 bits per heavy atom. The Morgan fingerprint density at radius 3 is 2.93 bits per heavy atom. The summed E-state index contributed by atoms with van der Waals surface area (Å²) in [6, 6.07) is 7.27. The zero-order valence-corrected chi connectivity index (χ0v) is 8.23. The fraction of sp³-hybridized carbons (Fsp3) is 0.300. The molecule has 0 saturated carbocycles. The third kappa shape index (κ3) is 2.74. The highest BCUT2D eigenvalue weighted by atomic mass is 16.7. The van der Waals surface area contributed by atoms with Gasteiger partial charge in [0.25, 0.3) is 0 Å². The summed E-state index contributed by atoms with van der Waals surface area (Å²) >= 11 is 0. The van der Waals surface area contributed by atoms with Crippen molar-refractivity contribution in [3.63, 3.8) is 0 Å². The highest BCUT2D eigenvalue weighted by Gasteiger charge is 1.99. The van der Waals surface area contributed by atoms with E-state index in [4.69, 9.17) is 14.7 Å². The van der Waals surface area contributed by atoms with Gasteiger partial charge in [-0.05, 0) is 19.1 Å². The molecule has 0 atom stereocenters. The maximum atomic E-state index is 8.58. The van der Waals surface area contributed by atoms with Gasteiger partial charge in [0.1, 0.15) is 5.75 Å². The van der Waals surface area contributed by atoms with Crippen molar-refractivity contribution in [3.8, 4) is 5.75 Å². The zero-order valence-electron chi connectivity index (χ0n) is 8.23. The van der Waals surface area contributed by atoms with Crippen molar-refractivity contribution >= 4 is 5.71 Å². The van der Waals surface area contributed by atoms with Crippen LogP contribution in [0.25, 0.3) is 0 Å². The van der Waals surface area contributed by atoms with Gasteiger partial charge in [-0.3, -0.25) is 0 Å². The normalized spacial score (nSPS) is 11.4. The Bertz CT molecular complexity index is 323. The van der Waals surface area contributed by atoms with Gasteiger partial charge in [-0.1, -0.05) is 17.3 Å². The van der Waals surface area contributed by atoms with Crippen LogP contribution in [0, 0.1) is 0 Å². The van der Waals surface area contributed by atoms with Gasteiger partial charge in [-0.15, -0.1) is 0 Å². The van der Waals surface area contributed by atoms with Gasteiger partial charge in [0.15, 0.2) is 6.79 Å². The molecule has 0 spiro atoms. The number of nitrogens with zero attached hydrogens (tertiary/aromatic N) is 1. The number of methoxy groups -OCH3 is 1. The molecule has 0 fully saturated rings. The summed E-state index contributed by atoms with van der Waals surface area (Å²) in [7, 11) is 1.56. The number of rotatable bonds is 4. The first-order chi connectivity index (χ1) is 6.77. The lowest BCUT2D eigenvalue weighted by Gasteiger charge is -2.05. The largest absolute Gasteiger partial charge is 0.468 e. The summed E-state index contributed by atoms with van der Waals surface area (Å²) in [4.78, 5) is 0. The maximum absolute atomic E-state index is 8.58. The third-order valence-corrected chi connectivity index (χ3v) is 1.75. The second kappa shape index (κ2) is 5.24. The van der Waals surface area contributed by atoms with Gasteiger partial charge in [0.05, 0.1) is 5.71 Å². The van der Waals surface area contributed by atoms with Crippen LogP contribution in [0.15, 0.2) is 29.4 Å². The average molecular weight is 195 g/mol. The van der Waals surface area contributed by atoms with Gasteiger partial charge in [-0.25, -0.2) is 0 Å². The Kier molecular flexibility index (Phi) is 3.94. The van der Waals surface area contributed by atoms with Crippen molar-refractivity contribution in [3.05, 3.63) is 29.8 Å². The minimum atomic E-state index is 0.207. The number of hydrogen-bond acceptors (Lipinski definition) is 4. The van der Waals surface area contributed by atoms with E-state index in [2.05, 4.69) is 5.16 Å². The van der Waals surface area contributed by atoms with E-state index in [9.17, 15) is 0 Å². The molecule has 4 nitrogen and oxygen atoms in total. The van der Waals surface area contributed by atoms with Crippen LogP contribution in [0.5, 0.6) is 5.75 Å². The summed E-state index contributed by atoms with van der Waals surface area (Å²) in [5.41, 5.74) is 1.37. The lowest BCUT2D eigenvalue weighted by molar-refractivity contribution is 0.0511. The van der Waals surface area contributed by atoms with E-state index >= 15 is 0 Å². The standard InChI is InChI=1S/C10H13NO3/c1-8(11-12)9-4-3-5-10(6-9)14-7-13-2/h3-6,12H,7H2,1-2H3. The van der Waals surface area contributed by atoms with E-state index in [-0.39, 0.29) is 6.79 Å². The van der Waals surface area contributed by atoms with Gasteiger partial charge in [0, 0.05) is 12.7 Å². The molecule has 0 aliphatic carbocycles. The second-order valence-corrected chi connectivity index (χ2v) is 2.76. The molecule has 0 unspecified atom stereocenters. The molecule has 0 aliphatic rings. The van der Waals surface area contributed by atoms with E-state index < -0.39 is 0 Å². The minimum absolute atomic E-state index is 0.207. The van der Waals surface area contributed by atoms with Gasteiger partial charge < -0.3 is 14.7 Å². The number of ether oxygens (including phenoxy) is 2. The quantitative estimate of drug-likeness (QED) is 0.345. The van der Waals surface area contributed by atoms with Crippen molar-refractivity contribution in [2.45, 2.75) is 6.92 Å². The van der Waals surface area contributed by atoms with E-state index in [1.54, 1.807) is 20.1 Å². The number of oxime groups is 1. The molecular formula is C10H13NO3. The smallest absolute Gasteiger partial charge is 0.188 e. The predicted molar refractivity (Wildman–Crippen MR) is 52.9 cm³/mol. The number of benzene rings is 1. The molecule has 4 heteroatoms. The molecule has 0 saturated heterocycles. The molecule has 0 aliphatic heterocycles. The van der Waals surface area contributed by atoms with Crippen molar-refractivity contribution < 1.29 is 14.7 Å². The first-order valence-electron chi connectivity index (χ1n) is 4.18. The molecule has 1 N–H and O–H groups in total. The number of hydrogen-bond donors (Lipinski definition) is 1. The Morgan fingerprint density at radius 2 is 2.29 bits per heavy atom. The van der Waals surface area contributed by atoms with Crippen molar-refractivity contribution in [2.75, 3.05) is 13.9 Å². The Balaban J connectivity index is 2.79. The maximum Gasteiger partial charge on any atom is 0.188 e. The summed E-state index contributed by atoms with van der Waals surface area (Å²) in [6.45, 7) is 1.92. The molecular weight excluding hydrogens is 182 g/mol. The summed E-state index contributed by atoms with van der Waals surface area (Å²) in [6.07, 6.45) is 0. The van der Waals surface area contributed by atoms with Crippen LogP contribution in [-0.2, 0) is 4.74 Å². The lowest BCUT2D eigenvalue weighted by Crippen LogP contribution is -2.00. The van der Waals surface area contributed by atoms with Crippen molar-refractivity contribution in [2.24, 2.45) is 5.16 Å². The molecule has 0 heterocycles. The SMILES string of the molecule is COCOc1cccc(C(C)=NO)c1. The van der Waals surface area contributed by atoms with Crippen LogP contribution in [0.4, 0.5) is 0 Å². The minimum Gasteiger partial charge on any atom is -0.468 e. The molecule has 0 aromatic heterocycles. The summed E-state index contributed by atoms with van der Waals surface area (Å²) in [5, 5.41) is 11.7. The van der Waals surface area contributed by atoms with Crippen LogP contribution < -0.4 is 4.74 Å². The van der Waals surface area contributed by atoms with E-state index in [0.29, 0.717) is 11.5 Å². The van der Waals surface area contributed by atoms with Crippen LogP contribution >= 0.6 is 0 Å². The molecule has 1 rings (SSSR count). The summed E-state index contributed by atoms with van der Waals surface area (Å²) < 4.78 is 10.0. The van der Waals surface area contributed by atoms with E-state index in [1.165, 1.54) is 0 Å². The molecule has 0 radical (unpaired) electrons. The van der Waals surface area contributed by atoms with Crippen LogP contribution in [0.1, 0.15) is 12.5 Å². The summed E-state index contributed by atoms with van der Waals surface area (Å²) in [5.74, 6) is 0.687. The molecule has 1 aromatic carbocycles. The first kappa shape index (κ1) is 10.5. The van der Waals surface area contributed by atoms with Crippen LogP contribution in [0.2, 0.25) is 0 Å². The molecule has 1 aromatic rings. The van der Waals surface area contributed by atoms with Crippen molar-refractivity contribution in [1.82, 2.24) is 0 Å². The molecule has 0 amide bonds. The second-order valence-electron chi connectivity index (χ2n) is 2.76. The van der Waals surface area contributed by atoms with Crippen molar-refractivity contribution in [1.29, 1.82) is 0 Å². The lowest BCUT2D eigenvalue weighted by atomic mass is 10.1. The van der Waals surface area contributed by atoms with E-state index in [0.717, 1.165) is 5.56 Å². The highest BCUT2D eigenvalue weighted by molar-refractivity contribution is 5.98. The molecule has 0 bridgehead atoms. The predicted octanol–water partition coefficient (Wildman–Crippen LogP) is 1.87. The Hall–Kier alpha value is -1.55. The monoisotopic (exact) mass is 195 g/mol. The van der Waals surface area contributed by atoms with E-state index in [1.807, 2.05) is 18.2 Å². The van der Waals surface area contributed by atoms with Crippen LogP contribution in [0.3, 0.4) is 0 Å². The molecule has 76 valence electrons. The van der Waals surface area contributed by atoms with Gasteiger partial charge in [0.2, 0.25) is 0 Å². The van der Waals surface area contributed by atoms with Gasteiger partial charge in [-0.2, -0.15) is 0 Å². The average Bonchev–Trinajstić information content (AvgIpc) is 2.25. The highest BCUT2D eigenvalue weighted by Crippen LogP contribution is 2.13. The fourth-order valence-corrected chi connectivity index (χ4v) is 0.996. The van der Waals surface area contributed by atoms with Gasteiger partial charge >= 0.3 is 0 Å². The third-order valence-electron chi connectivity index (χ3n) is 1.75. The first-order valence-corrected chi connectivity index (χ1v) is 4.18. The molecule has 14 heavy (non-hydrogen) atoms. The zero-order chi connectivity index (χ0) is 10.4. The Labute approximate surface area is 82.8 Å².